The van der Waals surface area contributed by atoms with E-state index in [4.69, 9.17) is 16.3 Å². The van der Waals surface area contributed by atoms with Gasteiger partial charge in [0.2, 0.25) is 5.75 Å². The van der Waals surface area contributed by atoms with Crippen molar-refractivity contribution in [1.82, 2.24) is 9.66 Å². The molecule has 0 bridgehead atoms. The normalized spacial score (nSPS) is 11.1. The maximum atomic E-state index is 12.4. The zero-order valence-corrected chi connectivity index (χ0v) is 15.0. The van der Waals surface area contributed by atoms with Crippen molar-refractivity contribution in [3.63, 3.8) is 0 Å². The molecule has 0 fully saturated rings. The second-order valence-corrected chi connectivity index (χ2v) is 5.95. The second-order valence-electron chi connectivity index (χ2n) is 5.54. The lowest BCUT2D eigenvalue weighted by Crippen LogP contribution is -2.32. The van der Waals surface area contributed by atoms with Gasteiger partial charge in [0, 0.05) is 18.6 Å². The van der Waals surface area contributed by atoms with Gasteiger partial charge in [0.15, 0.2) is 0 Å². The summed E-state index contributed by atoms with van der Waals surface area (Å²) < 4.78 is 5.36. The fourth-order valence-corrected chi connectivity index (χ4v) is 2.70. The molecule has 1 aromatic heterocycles. The van der Waals surface area contributed by atoms with Crippen LogP contribution in [-0.4, -0.2) is 26.8 Å². The molecule has 0 aliphatic carbocycles. The molecule has 0 radical (unpaired) electrons. The summed E-state index contributed by atoms with van der Waals surface area (Å²) >= 11 is 5.97. The topological polar surface area (TPSA) is 137 Å². The molecule has 11 heteroatoms. The number of aromatic nitrogens is 2. The zero-order chi connectivity index (χ0) is 20.4. The molecule has 0 saturated heterocycles. The summed E-state index contributed by atoms with van der Waals surface area (Å²) in [7, 11) is 0. The van der Waals surface area contributed by atoms with Gasteiger partial charge >= 0.3 is 17.3 Å². The number of nitrogens with zero attached hydrogens (tertiary/aromatic N) is 3. The fourth-order valence-electron chi connectivity index (χ4n) is 2.44. The van der Waals surface area contributed by atoms with Gasteiger partial charge in [-0.1, -0.05) is 23.7 Å². The van der Waals surface area contributed by atoms with E-state index in [1.165, 1.54) is 12.1 Å². The van der Waals surface area contributed by atoms with Gasteiger partial charge in [-0.15, -0.1) is 4.68 Å². The van der Waals surface area contributed by atoms with Crippen molar-refractivity contribution in [1.29, 1.82) is 0 Å². The maximum Gasteiger partial charge on any atom is 0.349 e. The van der Waals surface area contributed by atoms with Gasteiger partial charge in [0.25, 0.3) is 5.56 Å². The molecule has 0 atom stereocenters. The van der Waals surface area contributed by atoms with Gasteiger partial charge in [0.1, 0.15) is 0 Å². The average Bonchev–Trinajstić information content (AvgIpc) is 2.63. The minimum Gasteiger partial charge on any atom is -0.418 e. The molecule has 0 saturated carbocycles. The van der Waals surface area contributed by atoms with E-state index >= 15 is 0 Å². The summed E-state index contributed by atoms with van der Waals surface area (Å²) in [5, 5.41) is 15.1. The quantitative estimate of drug-likeness (QED) is 0.233. The number of nitrogens with one attached hydrogen (secondary N) is 1. The van der Waals surface area contributed by atoms with Crippen LogP contribution < -0.4 is 16.0 Å². The molecule has 28 heavy (non-hydrogen) atoms. The molecule has 142 valence electrons. The van der Waals surface area contributed by atoms with Crippen LogP contribution in [0.3, 0.4) is 0 Å². The van der Waals surface area contributed by atoms with E-state index in [0.29, 0.717) is 10.2 Å². The number of rotatable bonds is 4. The first-order valence-corrected chi connectivity index (χ1v) is 8.10. The van der Waals surface area contributed by atoms with Crippen LogP contribution in [0.4, 0.5) is 5.69 Å². The third-order valence-corrected chi connectivity index (χ3v) is 3.88. The number of H-pyrrole nitrogens is 1. The lowest BCUT2D eigenvalue weighted by molar-refractivity contribution is -0.385. The van der Waals surface area contributed by atoms with E-state index < -0.39 is 33.6 Å². The smallest absolute Gasteiger partial charge is 0.349 e. The number of benzene rings is 2. The lowest BCUT2D eigenvalue weighted by Gasteiger charge is -2.06. The fraction of sp³-hybridized carbons (Fsp3) is 0.0588. The van der Waals surface area contributed by atoms with E-state index in [1.54, 1.807) is 18.2 Å². The van der Waals surface area contributed by atoms with Crippen LogP contribution in [0, 0.1) is 10.1 Å². The summed E-state index contributed by atoms with van der Waals surface area (Å²) in [6.45, 7) is 1.08. The highest BCUT2D eigenvalue weighted by Crippen LogP contribution is 2.35. The van der Waals surface area contributed by atoms with Gasteiger partial charge in [-0.2, -0.15) is 5.10 Å². The maximum absolute atomic E-state index is 12.4. The van der Waals surface area contributed by atoms with E-state index in [0.717, 1.165) is 19.2 Å². The Bertz CT molecular complexity index is 1260. The molecule has 0 unspecified atom stereocenters. The number of fused-ring (bicyclic) bond motifs is 1. The summed E-state index contributed by atoms with van der Waals surface area (Å²) in [5.74, 6) is -1.18. The average molecular weight is 403 g/mol. The number of para-hydroxylation sites is 1. The number of carbonyl (C=O) groups is 1. The number of hydrogen-bond donors (Lipinski definition) is 1. The Hall–Kier alpha value is -3.79. The molecule has 2 aromatic carbocycles. The standard InChI is InChI=1S/C17H11ClN4O6/c1-9(23)28-15-12(18)6-10(7-14(15)22(26)27)8-19-21-16(24)11-4-2-3-5-13(11)20-17(21)25/h2-8H,1H3,(H,20,25). The van der Waals surface area contributed by atoms with E-state index in [1.807, 2.05) is 0 Å². The number of carbonyl (C=O) groups excluding carboxylic acids is 1. The molecule has 3 rings (SSSR count). The Balaban J connectivity index is 2.09. The molecule has 1 N–H and O–H groups in total. The van der Waals surface area contributed by atoms with Crippen molar-refractivity contribution in [2.75, 3.05) is 0 Å². The van der Waals surface area contributed by atoms with Crippen molar-refractivity contribution in [2.24, 2.45) is 5.10 Å². The van der Waals surface area contributed by atoms with Crippen LogP contribution in [0.2, 0.25) is 5.02 Å². The molecule has 10 nitrogen and oxygen atoms in total. The van der Waals surface area contributed by atoms with Gasteiger partial charge in [-0.3, -0.25) is 19.7 Å². The molecule has 0 aliphatic rings. The summed E-state index contributed by atoms with van der Waals surface area (Å²) in [6, 6.07) is 8.69. The molecule has 0 spiro atoms. The third kappa shape index (κ3) is 3.67. The Morgan fingerprint density at radius 3 is 2.71 bits per heavy atom. The van der Waals surface area contributed by atoms with E-state index in [9.17, 15) is 24.5 Å². The minimum absolute atomic E-state index is 0.118. The second kappa shape index (κ2) is 7.45. The van der Waals surface area contributed by atoms with Crippen LogP contribution in [0.5, 0.6) is 5.75 Å². The van der Waals surface area contributed by atoms with Gasteiger partial charge in [-0.25, -0.2) is 4.79 Å². The van der Waals surface area contributed by atoms with Gasteiger partial charge in [-0.05, 0) is 18.2 Å². The number of hydrogen-bond acceptors (Lipinski definition) is 7. The molecule has 1 heterocycles. The SMILES string of the molecule is CC(=O)Oc1c(Cl)cc(C=Nn2c(=O)[nH]c3ccccc3c2=O)cc1[N+](=O)[O-]. The lowest BCUT2D eigenvalue weighted by atomic mass is 10.2. The van der Waals surface area contributed by atoms with Crippen molar-refractivity contribution in [3.8, 4) is 5.75 Å². The first kappa shape index (κ1) is 19.0. The molecule has 3 aromatic rings. The Labute approximate surface area is 160 Å². The Kier molecular flexibility index (Phi) is 5.05. The van der Waals surface area contributed by atoms with Crippen molar-refractivity contribution in [2.45, 2.75) is 6.92 Å². The predicted molar refractivity (Wildman–Crippen MR) is 101 cm³/mol. The van der Waals surface area contributed by atoms with Crippen LogP contribution in [0.15, 0.2) is 51.1 Å². The monoisotopic (exact) mass is 402 g/mol. The highest BCUT2D eigenvalue weighted by atomic mass is 35.5. The highest BCUT2D eigenvalue weighted by molar-refractivity contribution is 6.32. The largest absolute Gasteiger partial charge is 0.418 e. The molecule has 0 aliphatic heterocycles. The summed E-state index contributed by atoms with van der Waals surface area (Å²) in [5.41, 5.74) is -1.53. The van der Waals surface area contributed by atoms with Crippen LogP contribution in [0.1, 0.15) is 12.5 Å². The Morgan fingerprint density at radius 2 is 2.04 bits per heavy atom. The van der Waals surface area contributed by atoms with Crippen molar-refractivity contribution < 1.29 is 14.5 Å². The minimum atomic E-state index is -0.781. The number of halogens is 1. The first-order valence-electron chi connectivity index (χ1n) is 7.72. The third-order valence-electron chi connectivity index (χ3n) is 3.59. The van der Waals surface area contributed by atoms with Gasteiger partial charge < -0.3 is 9.72 Å². The molecular formula is C17H11ClN4O6. The Morgan fingerprint density at radius 1 is 1.32 bits per heavy atom. The summed E-state index contributed by atoms with van der Waals surface area (Å²) in [4.78, 5) is 48.6. The van der Waals surface area contributed by atoms with Crippen LogP contribution >= 0.6 is 11.6 Å². The van der Waals surface area contributed by atoms with Crippen LogP contribution in [-0.2, 0) is 4.79 Å². The predicted octanol–water partition coefficient (Wildman–Crippen LogP) is 2.06. The van der Waals surface area contributed by atoms with E-state index in [2.05, 4.69) is 10.1 Å². The summed E-state index contributed by atoms with van der Waals surface area (Å²) in [6.07, 6.45) is 1.06. The van der Waals surface area contributed by atoms with Crippen molar-refractivity contribution in [3.05, 3.63) is 77.9 Å². The van der Waals surface area contributed by atoms with Crippen LogP contribution in [0.25, 0.3) is 10.9 Å². The number of esters is 1. The number of nitro benzene ring substituents is 1. The van der Waals surface area contributed by atoms with Gasteiger partial charge in [0.05, 0.1) is 27.1 Å². The van der Waals surface area contributed by atoms with Crippen molar-refractivity contribution >= 4 is 40.4 Å². The van der Waals surface area contributed by atoms with E-state index in [-0.39, 0.29) is 16.0 Å². The molecular weight excluding hydrogens is 392 g/mol. The molecule has 0 amide bonds. The highest BCUT2D eigenvalue weighted by Gasteiger charge is 2.22. The number of aromatic amines is 1. The number of ether oxygens (including phenoxy) is 1. The zero-order valence-electron chi connectivity index (χ0n) is 14.2. The first-order chi connectivity index (χ1) is 13.3. The number of nitro groups is 1.